The zero-order chi connectivity index (χ0) is 14.5. The fourth-order valence-electron chi connectivity index (χ4n) is 1.90. The Labute approximate surface area is 116 Å². The van der Waals surface area contributed by atoms with Gasteiger partial charge in [-0.25, -0.2) is 8.42 Å². The van der Waals surface area contributed by atoms with Gasteiger partial charge in [0, 0.05) is 26.2 Å². The molecule has 1 aliphatic heterocycles. The second-order valence-corrected chi connectivity index (χ2v) is 7.53. The molecule has 1 fully saturated rings. The molecule has 1 rings (SSSR count). The van der Waals surface area contributed by atoms with E-state index in [1.807, 2.05) is 13.8 Å². The van der Waals surface area contributed by atoms with Crippen LogP contribution >= 0.6 is 0 Å². The molecule has 6 heteroatoms. The van der Waals surface area contributed by atoms with E-state index in [0.717, 1.165) is 0 Å². The Balaban J connectivity index is 2.32. The number of carbonyl (C=O) groups is 1. The fraction of sp³-hybridized carbons (Fsp3) is 0.769. The fourth-order valence-corrected chi connectivity index (χ4v) is 3.18. The Hall–Kier alpha value is -0.880. The summed E-state index contributed by atoms with van der Waals surface area (Å²) in [6.45, 7) is 9.88. The molecule has 1 unspecified atom stereocenters. The van der Waals surface area contributed by atoms with Gasteiger partial charge in [-0.2, -0.15) is 0 Å². The highest BCUT2D eigenvalue weighted by molar-refractivity contribution is 7.91. The number of nitrogens with zero attached hydrogens (tertiary/aromatic N) is 1. The Morgan fingerprint density at radius 3 is 2.47 bits per heavy atom. The summed E-state index contributed by atoms with van der Waals surface area (Å²) in [5.74, 6) is 0.426. The molecule has 0 aliphatic carbocycles. The molecule has 1 N–H and O–H groups in total. The van der Waals surface area contributed by atoms with E-state index in [-0.39, 0.29) is 17.4 Å². The predicted molar refractivity (Wildman–Crippen MR) is 76.7 cm³/mol. The van der Waals surface area contributed by atoms with Crippen molar-refractivity contribution in [1.29, 1.82) is 0 Å². The van der Waals surface area contributed by atoms with Gasteiger partial charge in [0.2, 0.25) is 5.91 Å². The lowest BCUT2D eigenvalue weighted by atomic mass is 9.87. The minimum Gasteiger partial charge on any atom is -0.354 e. The van der Waals surface area contributed by atoms with Crippen molar-refractivity contribution in [3.8, 4) is 0 Å². The van der Waals surface area contributed by atoms with E-state index in [9.17, 15) is 13.2 Å². The molecule has 0 aromatic carbocycles. The van der Waals surface area contributed by atoms with Crippen LogP contribution in [0, 0.1) is 5.41 Å². The smallest absolute Gasteiger partial charge is 0.229 e. The molecular weight excluding hydrogens is 264 g/mol. The van der Waals surface area contributed by atoms with Gasteiger partial charge in [0.15, 0.2) is 9.84 Å². The monoisotopic (exact) mass is 288 g/mol. The molecule has 5 nitrogen and oxygen atoms in total. The van der Waals surface area contributed by atoms with Gasteiger partial charge in [0.05, 0.1) is 16.9 Å². The summed E-state index contributed by atoms with van der Waals surface area (Å²) in [5.41, 5.74) is -0.523. The SMILES string of the molecule is C=CC(C)(CC)C(=O)NCCN1CCS(=O)(=O)CC1. The number of hydrogen-bond acceptors (Lipinski definition) is 4. The molecule has 19 heavy (non-hydrogen) atoms. The van der Waals surface area contributed by atoms with Crippen molar-refractivity contribution in [3.63, 3.8) is 0 Å². The average Bonchev–Trinajstić information content (AvgIpc) is 2.39. The minimum atomic E-state index is -2.83. The maximum Gasteiger partial charge on any atom is 0.229 e. The van der Waals surface area contributed by atoms with Crippen LogP contribution in [-0.4, -0.2) is 56.9 Å². The van der Waals surface area contributed by atoms with Crippen LogP contribution in [0.4, 0.5) is 0 Å². The average molecular weight is 288 g/mol. The first kappa shape index (κ1) is 16.2. The van der Waals surface area contributed by atoms with Crippen LogP contribution in [0.5, 0.6) is 0 Å². The standard InChI is InChI=1S/C13H24N2O3S/c1-4-13(3,5-2)12(16)14-6-7-15-8-10-19(17,18)11-9-15/h4H,1,5-11H2,2-3H3,(H,14,16). The van der Waals surface area contributed by atoms with Crippen LogP contribution in [-0.2, 0) is 14.6 Å². The van der Waals surface area contributed by atoms with Crippen molar-refractivity contribution >= 4 is 15.7 Å². The number of amides is 1. The molecule has 110 valence electrons. The Kier molecular flexibility index (Phi) is 5.55. The summed E-state index contributed by atoms with van der Waals surface area (Å²) >= 11 is 0. The molecule has 0 spiro atoms. The first-order valence-electron chi connectivity index (χ1n) is 6.67. The van der Waals surface area contributed by atoms with Crippen molar-refractivity contribution in [1.82, 2.24) is 10.2 Å². The zero-order valence-electron chi connectivity index (χ0n) is 11.8. The van der Waals surface area contributed by atoms with Gasteiger partial charge in [-0.15, -0.1) is 6.58 Å². The maximum atomic E-state index is 12.0. The van der Waals surface area contributed by atoms with E-state index in [4.69, 9.17) is 0 Å². The van der Waals surface area contributed by atoms with E-state index in [1.165, 1.54) is 0 Å². The van der Waals surface area contributed by atoms with Crippen LogP contribution < -0.4 is 5.32 Å². The maximum absolute atomic E-state index is 12.0. The van der Waals surface area contributed by atoms with Crippen LogP contribution in [0.1, 0.15) is 20.3 Å². The summed E-state index contributed by atoms with van der Waals surface area (Å²) < 4.78 is 22.6. The zero-order valence-corrected chi connectivity index (χ0v) is 12.6. The molecule has 0 aromatic rings. The predicted octanol–water partition coefficient (Wildman–Crippen LogP) is 0.435. The molecule has 1 saturated heterocycles. The molecule has 1 amide bonds. The minimum absolute atomic E-state index is 0.0189. The lowest BCUT2D eigenvalue weighted by Crippen LogP contribution is -2.45. The highest BCUT2D eigenvalue weighted by atomic mass is 32.2. The molecule has 0 saturated carbocycles. The molecule has 0 aromatic heterocycles. The molecule has 1 heterocycles. The lowest BCUT2D eigenvalue weighted by molar-refractivity contribution is -0.128. The number of carbonyl (C=O) groups excluding carboxylic acids is 1. The first-order chi connectivity index (χ1) is 8.83. The second-order valence-electron chi connectivity index (χ2n) is 5.22. The summed E-state index contributed by atoms with van der Waals surface area (Å²) in [5, 5.41) is 2.89. The van der Waals surface area contributed by atoms with Crippen molar-refractivity contribution in [2.24, 2.45) is 5.41 Å². The van der Waals surface area contributed by atoms with Gasteiger partial charge in [-0.1, -0.05) is 13.0 Å². The van der Waals surface area contributed by atoms with Gasteiger partial charge in [0.1, 0.15) is 0 Å². The summed E-state index contributed by atoms with van der Waals surface area (Å²) in [7, 11) is -2.83. The topological polar surface area (TPSA) is 66.5 Å². The van der Waals surface area contributed by atoms with Crippen LogP contribution in [0.25, 0.3) is 0 Å². The Morgan fingerprint density at radius 1 is 1.42 bits per heavy atom. The van der Waals surface area contributed by atoms with E-state index in [2.05, 4.69) is 16.8 Å². The van der Waals surface area contributed by atoms with Gasteiger partial charge in [-0.05, 0) is 13.3 Å². The van der Waals surface area contributed by atoms with Crippen LogP contribution in [0.3, 0.4) is 0 Å². The lowest BCUT2D eigenvalue weighted by Gasteiger charge is -2.28. The van der Waals surface area contributed by atoms with Crippen LogP contribution in [0.2, 0.25) is 0 Å². The third kappa shape index (κ3) is 4.62. The third-order valence-electron chi connectivity index (χ3n) is 3.85. The quantitative estimate of drug-likeness (QED) is 0.720. The molecule has 0 bridgehead atoms. The van der Waals surface area contributed by atoms with Gasteiger partial charge < -0.3 is 5.32 Å². The van der Waals surface area contributed by atoms with Crippen molar-refractivity contribution < 1.29 is 13.2 Å². The third-order valence-corrected chi connectivity index (χ3v) is 5.46. The van der Waals surface area contributed by atoms with E-state index in [0.29, 0.717) is 32.6 Å². The number of sulfone groups is 1. The van der Waals surface area contributed by atoms with Gasteiger partial charge in [0.25, 0.3) is 0 Å². The molecule has 1 atom stereocenters. The molecule has 1 aliphatic rings. The number of nitrogens with one attached hydrogen (secondary N) is 1. The van der Waals surface area contributed by atoms with Crippen molar-refractivity contribution in [3.05, 3.63) is 12.7 Å². The van der Waals surface area contributed by atoms with Crippen LogP contribution in [0.15, 0.2) is 12.7 Å². The second kappa shape index (κ2) is 6.52. The first-order valence-corrected chi connectivity index (χ1v) is 8.50. The number of rotatable bonds is 6. The van der Waals surface area contributed by atoms with Gasteiger partial charge >= 0.3 is 0 Å². The normalized spacial score (nSPS) is 22.4. The van der Waals surface area contributed by atoms with E-state index < -0.39 is 15.3 Å². The Morgan fingerprint density at radius 2 is 2.00 bits per heavy atom. The van der Waals surface area contributed by atoms with Crippen molar-refractivity contribution in [2.45, 2.75) is 20.3 Å². The highest BCUT2D eigenvalue weighted by Gasteiger charge is 2.27. The van der Waals surface area contributed by atoms with E-state index in [1.54, 1.807) is 6.08 Å². The molecular formula is C13H24N2O3S. The Bertz CT molecular complexity index is 419. The van der Waals surface area contributed by atoms with Crippen molar-refractivity contribution in [2.75, 3.05) is 37.7 Å². The highest BCUT2D eigenvalue weighted by Crippen LogP contribution is 2.21. The molecule has 0 radical (unpaired) electrons. The summed E-state index contributed by atoms with van der Waals surface area (Å²) in [6.07, 6.45) is 2.39. The summed E-state index contributed by atoms with van der Waals surface area (Å²) in [6, 6.07) is 0. The van der Waals surface area contributed by atoms with E-state index >= 15 is 0 Å². The number of hydrogen-bond donors (Lipinski definition) is 1. The largest absolute Gasteiger partial charge is 0.354 e. The summed E-state index contributed by atoms with van der Waals surface area (Å²) in [4.78, 5) is 14.0. The van der Waals surface area contributed by atoms with Gasteiger partial charge in [-0.3, -0.25) is 9.69 Å².